The van der Waals surface area contributed by atoms with Crippen molar-refractivity contribution >= 4 is 24.0 Å². The standard InChI is InChI=1S/C9H7FN2O2.ClH/c1-5-3-2-4-12-7(10)6(9(13)14)11-8(5)12;/h2-4H,1H3,(H,13,14);1H. The molecule has 1 N–H and O–H groups in total. The zero-order chi connectivity index (χ0) is 10.3. The first-order chi connectivity index (χ1) is 6.61. The number of aryl methyl sites for hydroxylation is 1. The summed E-state index contributed by atoms with van der Waals surface area (Å²) >= 11 is 0. The van der Waals surface area contributed by atoms with Gasteiger partial charge in [0.25, 0.3) is 0 Å². The highest BCUT2D eigenvalue weighted by Gasteiger charge is 2.18. The van der Waals surface area contributed by atoms with Gasteiger partial charge in [0, 0.05) is 6.20 Å². The zero-order valence-corrected chi connectivity index (χ0v) is 8.58. The molecular weight excluding hydrogens is 223 g/mol. The molecule has 0 unspecified atom stereocenters. The van der Waals surface area contributed by atoms with Crippen LogP contribution in [0.15, 0.2) is 18.3 Å². The maximum atomic E-state index is 13.4. The van der Waals surface area contributed by atoms with Crippen LogP contribution in [0.4, 0.5) is 4.39 Å². The molecule has 2 heterocycles. The minimum absolute atomic E-state index is 0. The van der Waals surface area contributed by atoms with Crippen molar-refractivity contribution in [1.29, 1.82) is 0 Å². The fourth-order valence-electron chi connectivity index (χ4n) is 1.31. The third kappa shape index (κ3) is 1.66. The highest BCUT2D eigenvalue weighted by atomic mass is 35.5. The average Bonchev–Trinajstić information content (AvgIpc) is 2.46. The Morgan fingerprint density at radius 3 is 2.80 bits per heavy atom. The van der Waals surface area contributed by atoms with E-state index in [1.165, 1.54) is 6.20 Å². The number of halogens is 2. The first-order valence-electron chi connectivity index (χ1n) is 3.97. The van der Waals surface area contributed by atoms with E-state index in [0.717, 1.165) is 9.96 Å². The minimum Gasteiger partial charge on any atom is -0.476 e. The molecule has 15 heavy (non-hydrogen) atoms. The van der Waals surface area contributed by atoms with Gasteiger partial charge in [-0.25, -0.2) is 9.78 Å². The van der Waals surface area contributed by atoms with E-state index in [2.05, 4.69) is 4.98 Å². The summed E-state index contributed by atoms with van der Waals surface area (Å²) in [6.45, 7) is 1.74. The van der Waals surface area contributed by atoms with Gasteiger partial charge in [0.2, 0.25) is 11.6 Å². The van der Waals surface area contributed by atoms with Crippen LogP contribution >= 0.6 is 12.4 Å². The number of carboxylic acids is 1. The van der Waals surface area contributed by atoms with E-state index in [1.807, 2.05) is 0 Å². The minimum atomic E-state index is -1.36. The smallest absolute Gasteiger partial charge is 0.359 e. The van der Waals surface area contributed by atoms with Crippen LogP contribution in [0.1, 0.15) is 16.1 Å². The Kier molecular flexibility index (Phi) is 2.95. The van der Waals surface area contributed by atoms with Gasteiger partial charge in [-0.05, 0) is 18.6 Å². The molecule has 0 spiro atoms. The van der Waals surface area contributed by atoms with Gasteiger partial charge < -0.3 is 5.11 Å². The van der Waals surface area contributed by atoms with Crippen molar-refractivity contribution in [3.8, 4) is 0 Å². The molecule has 0 aliphatic carbocycles. The molecule has 4 nitrogen and oxygen atoms in total. The molecule has 2 aromatic rings. The van der Waals surface area contributed by atoms with Crippen molar-refractivity contribution in [1.82, 2.24) is 9.38 Å². The third-order valence-electron chi connectivity index (χ3n) is 1.99. The van der Waals surface area contributed by atoms with E-state index in [4.69, 9.17) is 5.11 Å². The largest absolute Gasteiger partial charge is 0.476 e. The number of hydrogen-bond acceptors (Lipinski definition) is 2. The first-order valence-corrected chi connectivity index (χ1v) is 3.97. The number of carbonyl (C=O) groups is 1. The van der Waals surface area contributed by atoms with E-state index in [0.29, 0.717) is 5.65 Å². The molecule has 0 atom stereocenters. The molecule has 0 saturated heterocycles. The molecule has 0 saturated carbocycles. The molecule has 0 radical (unpaired) electrons. The monoisotopic (exact) mass is 230 g/mol. The lowest BCUT2D eigenvalue weighted by Gasteiger charge is -1.95. The second kappa shape index (κ2) is 3.86. The number of hydrogen-bond donors (Lipinski definition) is 1. The Morgan fingerprint density at radius 2 is 2.27 bits per heavy atom. The Bertz CT molecular complexity index is 524. The summed E-state index contributed by atoms with van der Waals surface area (Å²) in [5.74, 6) is -2.19. The summed E-state index contributed by atoms with van der Waals surface area (Å²) in [5.41, 5.74) is 0.528. The maximum absolute atomic E-state index is 13.4. The summed E-state index contributed by atoms with van der Waals surface area (Å²) in [6, 6.07) is 3.38. The predicted molar refractivity (Wildman–Crippen MR) is 54.1 cm³/mol. The van der Waals surface area contributed by atoms with E-state index < -0.39 is 17.6 Å². The molecule has 0 amide bonds. The predicted octanol–water partition coefficient (Wildman–Crippen LogP) is 1.90. The lowest BCUT2D eigenvalue weighted by Crippen LogP contribution is -2.00. The van der Waals surface area contributed by atoms with Crippen molar-refractivity contribution in [3.63, 3.8) is 0 Å². The van der Waals surface area contributed by atoms with Crippen molar-refractivity contribution in [2.75, 3.05) is 0 Å². The Labute approximate surface area is 90.8 Å². The van der Waals surface area contributed by atoms with Crippen molar-refractivity contribution in [3.05, 3.63) is 35.5 Å². The number of aromatic carboxylic acids is 1. The van der Waals surface area contributed by atoms with Gasteiger partial charge in [-0.1, -0.05) is 6.07 Å². The van der Waals surface area contributed by atoms with Crippen LogP contribution in [-0.2, 0) is 0 Å². The van der Waals surface area contributed by atoms with Crippen molar-refractivity contribution in [2.24, 2.45) is 0 Å². The Morgan fingerprint density at radius 1 is 1.60 bits per heavy atom. The molecule has 2 rings (SSSR count). The quantitative estimate of drug-likeness (QED) is 0.814. The lowest BCUT2D eigenvalue weighted by atomic mass is 10.3. The topological polar surface area (TPSA) is 54.6 Å². The van der Waals surface area contributed by atoms with Gasteiger partial charge in [-0.3, -0.25) is 4.40 Å². The molecule has 0 fully saturated rings. The highest BCUT2D eigenvalue weighted by molar-refractivity contribution is 5.86. The summed E-state index contributed by atoms with van der Waals surface area (Å²) in [4.78, 5) is 14.3. The molecule has 0 aliphatic rings. The first kappa shape index (κ1) is 11.5. The number of rotatable bonds is 1. The van der Waals surface area contributed by atoms with Crippen LogP contribution in [0, 0.1) is 12.9 Å². The van der Waals surface area contributed by atoms with Crippen LogP contribution in [0.25, 0.3) is 5.65 Å². The second-order valence-corrected chi connectivity index (χ2v) is 2.94. The number of imidazole rings is 1. The average molecular weight is 231 g/mol. The highest BCUT2D eigenvalue weighted by Crippen LogP contribution is 2.14. The van der Waals surface area contributed by atoms with Gasteiger partial charge in [0.15, 0.2) is 0 Å². The fourth-order valence-corrected chi connectivity index (χ4v) is 1.31. The second-order valence-electron chi connectivity index (χ2n) is 2.94. The van der Waals surface area contributed by atoms with E-state index in [1.54, 1.807) is 19.1 Å². The normalized spacial score (nSPS) is 10.0. The van der Waals surface area contributed by atoms with Crippen molar-refractivity contribution < 1.29 is 14.3 Å². The van der Waals surface area contributed by atoms with Crippen LogP contribution < -0.4 is 0 Å². The van der Waals surface area contributed by atoms with Gasteiger partial charge in [-0.15, -0.1) is 12.4 Å². The molecule has 2 aromatic heterocycles. The summed E-state index contributed by atoms with van der Waals surface area (Å²) in [6.07, 6.45) is 1.44. The molecular formula is C9H8ClFN2O2. The number of nitrogens with zero attached hydrogens (tertiary/aromatic N) is 2. The third-order valence-corrected chi connectivity index (χ3v) is 1.99. The maximum Gasteiger partial charge on any atom is 0.359 e. The molecule has 0 aromatic carbocycles. The lowest BCUT2D eigenvalue weighted by molar-refractivity contribution is 0.0685. The van der Waals surface area contributed by atoms with Gasteiger partial charge >= 0.3 is 5.97 Å². The van der Waals surface area contributed by atoms with E-state index >= 15 is 0 Å². The summed E-state index contributed by atoms with van der Waals surface area (Å²) < 4.78 is 14.5. The van der Waals surface area contributed by atoms with E-state index in [9.17, 15) is 9.18 Å². The molecule has 80 valence electrons. The Hall–Kier alpha value is -1.62. The van der Waals surface area contributed by atoms with Gasteiger partial charge in [0.05, 0.1) is 0 Å². The van der Waals surface area contributed by atoms with Crippen LogP contribution in [-0.4, -0.2) is 20.5 Å². The summed E-state index contributed by atoms with van der Waals surface area (Å²) in [7, 11) is 0. The van der Waals surface area contributed by atoms with Gasteiger partial charge in [-0.2, -0.15) is 4.39 Å². The zero-order valence-electron chi connectivity index (χ0n) is 7.77. The van der Waals surface area contributed by atoms with E-state index in [-0.39, 0.29) is 12.4 Å². The number of fused-ring (bicyclic) bond motifs is 1. The fraction of sp³-hybridized carbons (Fsp3) is 0.111. The SMILES string of the molecule is Cc1cccn2c(F)c(C(=O)O)nc12.Cl. The van der Waals surface area contributed by atoms with Crippen LogP contribution in [0.5, 0.6) is 0 Å². The van der Waals surface area contributed by atoms with Gasteiger partial charge in [0.1, 0.15) is 5.65 Å². The van der Waals surface area contributed by atoms with Crippen LogP contribution in [0.3, 0.4) is 0 Å². The number of carboxylic acid groups (broad SMARTS) is 1. The Balaban J connectivity index is 0.00000112. The molecule has 6 heteroatoms. The van der Waals surface area contributed by atoms with Crippen molar-refractivity contribution in [2.45, 2.75) is 6.92 Å². The number of aromatic nitrogens is 2. The summed E-state index contributed by atoms with van der Waals surface area (Å²) in [5, 5.41) is 8.64. The molecule has 0 aliphatic heterocycles. The van der Waals surface area contributed by atoms with Crippen LogP contribution in [0.2, 0.25) is 0 Å². The number of pyridine rings is 1. The molecule has 0 bridgehead atoms.